The first-order chi connectivity index (χ1) is 13.8. The van der Waals surface area contributed by atoms with Crippen LogP contribution in [0.3, 0.4) is 0 Å². The molecule has 0 bridgehead atoms. The SMILES string of the molecule is CCCC(CCN(O)C=O)CC(=O)N1CCC[C@H]1C(=O)Nc1ccc(F)c[n+]1O. The van der Waals surface area contributed by atoms with Gasteiger partial charge in [0.2, 0.25) is 12.3 Å². The minimum absolute atomic E-state index is 0.0106. The molecule has 1 unspecified atom stereocenters. The van der Waals surface area contributed by atoms with Crippen LogP contribution in [0.25, 0.3) is 0 Å². The molecule has 1 fully saturated rings. The molecule has 1 aliphatic rings. The van der Waals surface area contributed by atoms with Crippen molar-refractivity contribution >= 4 is 24.0 Å². The highest BCUT2D eigenvalue weighted by Gasteiger charge is 2.37. The van der Waals surface area contributed by atoms with Gasteiger partial charge in [0.15, 0.2) is 12.0 Å². The van der Waals surface area contributed by atoms with Crippen molar-refractivity contribution in [1.82, 2.24) is 9.96 Å². The van der Waals surface area contributed by atoms with Crippen molar-refractivity contribution in [2.75, 3.05) is 18.4 Å². The number of hydrogen-bond donors (Lipinski definition) is 3. The molecule has 2 atom stereocenters. The average Bonchev–Trinajstić information content (AvgIpc) is 3.18. The van der Waals surface area contributed by atoms with Crippen LogP contribution in [0.5, 0.6) is 0 Å². The van der Waals surface area contributed by atoms with E-state index in [9.17, 15) is 29.2 Å². The van der Waals surface area contributed by atoms with Crippen LogP contribution in [0.2, 0.25) is 0 Å². The van der Waals surface area contributed by atoms with E-state index in [1.165, 1.54) is 11.0 Å². The van der Waals surface area contributed by atoms with Gasteiger partial charge in [0.05, 0.1) is 0 Å². The quantitative estimate of drug-likeness (QED) is 0.177. The van der Waals surface area contributed by atoms with Crippen molar-refractivity contribution in [3.05, 3.63) is 24.1 Å². The molecule has 1 aromatic heterocycles. The Bertz CT molecular complexity index is 733. The summed E-state index contributed by atoms with van der Waals surface area (Å²) in [6, 6.07) is 1.68. The molecule has 29 heavy (non-hydrogen) atoms. The van der Waals surface area contributed by atoms with E-state index in [1.54, 1.807) is 0 Å². The number of likely N-dealkylation sites (tertiary alicyclic amines) is 1. The molecule has 2 heterocycles. The molecule has 1 aliphatic heterocycles. The Balaban J connectivity index is 1.99. The molecule has 0 saturated carbocycles. The van der Waals surface area contributed by atoms with Gasteiger partial charge in [-0.1, -0.05) is 19.8 Å². The zero-order valence-electron chi connectivity index (χ0n) is 16.5. The Hall–Kier alpha value is -2.75. The summed E-state index contributed by atoms with van der Waals surface area (Å²) in [5.74, 6) is -1.26. The number of carbonyl (C=O) groups is 3. The van der Waals surface area contributed by atoms with Crippen LogP contribution in [-0.4, -0.2) is 57.7 Å². The fourth-order valence-corrected chi connectivity index (χ4v) is 3.60. The Labute approximate surface area is 168 Å². The number of pyridine rings is 1. The molecule has 3 amide bonds. The summed E-state index contributed by atoms with van der Waals surface area (Å²) in [4.78, 5) is 37.5. The van der Waals surface area contributed by atoms with E-state index in [-0.39, 0.29) is 30.6 Å². The molecule has 0 spiro atoms. The largest absolute Gasteiger partial charge is 0.350 e. The van der Waals surface area contributed by atoms with E-state index in [4.69, 9.17) is 0 Å². The highest BCUT2D eigenvalue weighted by Crippen LogP contribution is 2.24. The van der Waals surface area contributed by atoms with Gasteiger partial charge < -0.3 is 10.1 Å². The van der Waals surface area contributed by atoms with Crippen LogP contribution in [-0.2, 0) is 14.4 Å². The second-order valence-electron chi connectivity index (χ2n) is 7.23. The van der Waals surface area contributed by atoms with Gasteiger partial charge in [0, 0.05) is 25.6 Å². The smallest absolute Gasteiger partial charge is 0.330 e. The highest BCUT2D eigenvalue weighted by molar-refractivity contribution is 5.96. The first-order valence-corrected chi connectivity index (χ1v) is 9.77. The van der Waals surface area contributed by atoms with Gasteiger partial charge in [-0.3, -0.25) is 14.8 Å². The topological polar surface area (TPSA) is 114 Å². The van der Waals surface area contributed by atoms with E-state index in [1.807, 2.05) is 6.92 Å². The fraction of sp³-hybridized carbons (Fsp3) is 0.579. The maximum Gasteiger partial charge on any atom is 0.330 e. The summed E-state index contributed by atoms with van der Waals surface area (Å²) in [5.41, 5.74) is 0. The van der Waals surface area contributed by atoms with Crippen molar-refractivity contribution < 1.29 is 33.9 Å². The molecule has 0 aromatic carbocycles. The average molecular weight is 411 g/mol. The number of nitrogens with zero attached hydrogens (tertiary/aromatic N) is 3. The monoisotopic (exact) mass is 411 g/mol. The molecule has 0 aliphatic carbocycles. The second-order valence-corrected chi connectivity index (χ2v) is 7.23. The van der Waals surface area contributed by atoms with Gasteiger partial charge in [0.1, 0.15) is 6.04 Å². The third-order valence-electron chi connectivity index (χ3n) is 5.07. The lowest BCUT2D eigenvalue weighted by molar-refractivity contribution is -0.894. The van der Waals surface area contributed by atoms with Crippen molar-refractivity contribution in [2.45, 2.75) is 51.5 Å². The Morgan fingerprint density at radius 2 is 2.21 bits per heavy atom. The predicted molar refractivity (Wildman–Crippen MR) is 99.3 cm³/mol. The Morgan fingerprint density at radius 1 is 1.45 bits per heavy atom. The lowest BCUT2D eigenvalue weighted by atomic mass is 9.95. The Kier molecular flexibility index (Phi) is 8.32. The van der Waals surface area contributed by atoms with E-state index in [0.717, 1.165) is 25.1 Å². The van der Waals surface area contributed by atoms with E-state index in [2.05, 4.69) is 5.32 Å². The first-order valence-electron chi connectivity index (χ1n) is 9.77. The second kappa shape index (κ2) is 10.7. The maximum atomic E-state index is 13.1. The van der Waals surface area contributed by atoms with Gasteiger partial charge >= 0.3 is 11.7 Å². The minimum atomic E-state index is -0.667. The van der Waals surface area contributed by atoms with Crippen LogP contribution in [0.1, 0.15) is 45.4 Å². The van der Waals surface area contributed by atoms with E-state index >= 15 is 0 Å². The van der Waals surface area contributed by atoms with Crippen LogP contribution in [0, 0.1) is 11.7 Å². The summed E-state index contributed by atoms with van der Waals surface area (Å²) in [6.45, 7) is 2.60. The summed E-state index contributed by atoms with van der Waals surface area (Å²) in [5, 5.41) is 22.1. The predicted octanol–water partition coefficient (Wildman–Crippen LogP) is 1.32. The highest BCUT2D eigenvalue weighted by atomic mass is 19.1. The number of anilines is 1. The minimum Gasteiger partial charge on any atom is -0.350 e. The van der Waals surface area contributed by atoms with Crippen molar-refractivity contribution in [1.29, 1.82) is 0 Å². The van der Waals surface area contributed by atoms with Crippen LogP contribution >= 0.6 is 0 Å². The third-order valence-corrected chi connectivity index (χ3v) is 5.07. The number of amides is 3. The zero-order chi connectivity index (χ0) is 21.4. The molecular weight excluding hydrogens is 383 g/mol. The van der Waals surface area contributed by atoms with E-state index < -0.39 is 17.8 Å². The van der Waals surface area contributed by atoms with Crippen LogP contribution in [0.4, 0.5) is 10.2 Å². The molecule has 10 heteroatoms. The number of rotatable bonds is 10. The van der Waals surface area contributed by atoms with Gasteiger partial charge in [-0.25, -0.2) is 19.6 Å². The standard InChI is InChI=1S/C19H27FN4O5/c1-2-4-14(8-10-22(28)13-25)11-18(26)23-9-3-5-16(23)19(27)21-17-7-6-15(20)12-24(17)29/h6-7,12-14,16,28-29H,2-5,8-11H2,1H3/p+1/t14?,16-/m0/s1. The molecule has 0 radical (unpaired) electrons. The van der Waals surface area contributed by atoms with Crippen LogP contribution in [0.15, 0.2) is 18.3 Å². The normalized spacial score (nSPS) is 17.1. The molecule has 160 valence electrons. The van der Waals surface area contributed by atoms with Gasteiger partial charge in [-0.05, 0) is 36.0 Å². The lowest BCUT2D eigenvalue weighted by Gasteiger charge is -2.25. The van der Waals surface area contributed by atoms with Crippen molar-refractivity contribution in [2.24, 2.45) is 5.92 Å². The fourth-order valence-electron chi connectivity index (χ4n) is 3.60. The van der Waals surface area contributed by atoms with Gasteiger partial charge in [-0.15, -0.1) is 0 Å². The summed E-state index contributed by atoms with van der Waals surface area (Å²) >= 11 is 0. The number of aromatic nitrogens is 1. The van der Waals surface area contributed by atoms with Gasteiger partial charge in [0.25, 0.3) is 0 Å². The number of hydrogen-bond acceptors (Lipinski definition) is 5. The van der Waals surface area contributed by atoms with Crippen LogP contribution < -0.4 is 10.0 Å². The lowest BCUT2D eigenvalue weighted by Crippen LogP contribution is -2.46. The molecule has 1 saturated heterocycles. The number of carbonyl (C=O) groups excluding carboxylic acids is 3. The molecule has 1 aromatic rings. The summed E-state index contributed by atoms with van der Waals surface area (Å²) < 4.78 is 13.6. The summed E-state index contributed by atoms with van der Waals surface area (Å²) in [7, 11) is 0. The number of nitrogens with one attached hydrogen (secondary N) is 1. The van der Waals surface area contributed by atoms with E-state index in [0.29, 0.717) is 42.0 Å². The zero-order valence-corrected chi connectivity index (χ0v) is 16.5. The number of hydroxylamine groups is 2. The van der Waals surface area contributed by atoms with Crippen molar-refractivity contribution in [3.63, 3.8) is 0 Å². The van der Waals surface area contributed by atoms with Gasteiger partial charge in [-0.2, -0.15) is 0 Å². The summed E-state index contributed by atoms with van der Waals surface area (Å²) in [6.07, 6.45) is 4.67. The Morgan fingerprint density at radius 3 is 2.86 bits per heavy atom. The molecule has 2 rings (SSSR count). The third kappa shape index (κ3) is 6.38. The molecule has 3 N–H and O–H groups in total. The van der Waals surface area contributed by atoms with Crippen molar-refractivity contribution in [3.8, 4) is 0 Å². The molecule has 9 nitrogen and oxygen atoms in total. The first kappa shape index (κ1) is 22.5. The maximum absolute atomic E-state index is 13.1. The number of halogens is 1. The molecular formula is C19H28FN4O5+.